The molecule has 4 rings (SSSR count). The average molecular weight is 483 g/mol. The molecule has 1 aliphatic rings. The molecule has 1 saturated heterocycles. The number of amides is 1. The van der Waals surface area contributed by atoms with Gasteiger partial charge in [-0.1, -0.05) is 54.6 Å². The van der Waals surface area contributed by atoms with E-state index in [-0.39, 0.29) is 10.8 Å². The first-order valence-corrected chi connectivity index (χ1v) is 13.0. The molecule has 172 valence electrons. The van der Waals surface area contributed by atoms with Gasteiger partial charge in [-0.3, -0.25) is 4.79 Å². The van der Waals surface area contributed by atoms with Crippen molar-refractivity contribution in [3.8, 4) is 0 Å². The SMILES string of the molecule is Cc1ccc(S(=O)(=O)N2CCOCC2)cc1NC(=O)[C@@H](Sc1ccccc1)c1ccccc1. The Morgan fingerprint density at radius 3 is 2.27 bits per heavy atom. The van der Waals surface area contributed by atoms with Gasteiger partial charge >= 0.3 is 0 Å². The largest absolute Gasteiger partial charge is 0.379 e. The molecule has 0 spiro atoms. The first-order chi connectivity index (χ1) is 15.9. The van der Waals surface area contributed by atoms with Crippen LogP contribution in [0.25, 0.3) is 0 Å². The van der Waals surface area contributed by atoms with Crippen molar-refractivity contribution in [2.45, 2.75) is 22.0 Å². The van der Waals surface area contributed by atoms with Crippen LogP contribution in [-0.4, -0.2) is 44.9 Å². The van der Waals surface area contributed by atoms with Crippen molar-refractivity contribution < 1.29 is 17.9 Å². The van der Waals surface area contributed by atoms with Gasteiger partial charge in [0.25, 0.3) is 0 Å². The molecule has 1 atom stereocenters. The van der Waals surface area contributed by atoms with Gasteiger partial charge in [-0.05, 0) is 42.3 Å². The van der Waals surface area contributed by atoms with Gasteiger partial charge in [0.1, 0.15) is 5.25 Å². The van der Waals surface area contributed by atoms with Crippen LogP contribution < -0.4 is 5.32 Å². The molecule has 0 aliphatic carbocycles. The van der Waals surface area contributed by atoms with Gasteiger partial charge in [0, 0.05) is 23.7 Å². The smallest absolute Gasteiger partial charge is 0.243 e. The molecule has 0 unspecified atom stereocenters. The number of ether oxygens (including phenoxy) is 1. The number of hydrogen-bond acceptors (Lipinski definition) is 5. The quantitative estimate of drug-likeness (QED) is 0.502. The first-order valence-electron chi connectivity index (χ1n) is 10.7. The lowest BCUT2D eigenvalue weighted by atomic mass is 10.1. The highest BCUT2D eigenvalue weighted by Gasteiger charge is 2.28. The van der Waals surface area contributed by atoms with Gasteiger partial charge in [0.15, 0.2) is 0 Å². The van der Waals surface area contributed by atoms with E-state index in [2.05, 4.69) is 5.32 Å². The number of thioether (sulfide) groups is 1. The first kappa shape index (κ1) is 23.5. The summed E-state index contributed by atoms with van der Waals surface area (Å²) >= 11 is 1.46. The van der Waals surface area contributed by atoms with Crippen LogP contribution in [0.3, 0.4) is 0 Å². The normalized spacial score (nSPS) is 15.7. The number of nitrogens with one attached hydrogen (secondary N) is 1. The Labute approximate surface area is 199 Å². The van der Waals surface area contributed by atoms with E-state index in [4.69, 9.17) is 4.74 Å². The lowest BCUT2D eigenvalue weighted by molar-refractivity contribution is -0.115. The fourth-order valence-corrected chi connectivity index (χ4v) is 6.05. The van der Waals surface area contributed by atoms with Crippen LogP contribution in [-0.2, 0) is 19.6 Å². The monoisotopic (exact) mass is 482 g/mol. The van der Waals surface area contributed by atoms with Crippen LogP contribution in [0.1, 0.15) is 16.4 Å². The highest BCUT2D eigenvalue weighted by atomic mass is 32.2. The van der Waals surface area contributed by atoms with Crippen LogP contribution in [0.2, 0.25) is 0 Å². The fraction of sp³-hybridized carbons (Fsp3) is 0.240. The molecule has 1 fully saturated rings. The Hall–Kier alpha value is -2.65. The Kier molecular flexibility index (Phi) is 7.49. The van der Waals surface area contributed by atoms with E-state index < -0.39 is 15.3 Å². The molecule has 0 aromatic heterocycles. The number of carbonyl (C=O) groups excluding carboxylic acids is 1. The molecule has 3 aromatic rings. The third-order valence-electron chi connectivity index (χ3n) is 5.41. The maximum atomic E-state index is 13.4. The van der Waals surface area contributed by atoms with Crippen molar-refractivity contribution in [3.63, 3.8) is 0 Å². The number of carbonyl (C=O) groups is 1. The van der Waals surface area contributed by atoms with E-state index in [1.165, 1.54) is 16.1 Å². The van der Waals surface area contributed by atoms with Gasteiger partial charge in [-0.15, -0.1) is 11.8 Å². The zero-order valence-corrected chi connectivity index (χ0v) is 19.9. The average Bonchev–Trinajstić information content (AvgIpc) is 2.85. The highest BCUT2D eigenvalue weighted by Crippen LogP contribution is 2.36. The predicted molar refractivity (Wildman–Crippen MR) is 131 cm³/mol. The van der Waals surface area contributed by atoms with Crippen molar-refractivity contribution >= 4 is 33.4 Å². The summed E-state index contributed by atoms with van der Waals surface area (Å²) in [6.45, 7) is 3.25. The number of anilines is 1. The molecule has 33 heavy (non-hydrogen) atoms. The van der Waals surface area contributed by atoms with Crippen molar-refractivity contribution in [1.29, 1.82) is 0 Å². The highest BCUT2D eigenvalue weighted by molar-refractivity contribution is 8.00. The zero-order valence-electron chi connectivity index (χ0n) is 18.3. The number of benzene rings is 3. The summed E-state index contributed by atoms with van der Waals surface area (Å²) in [6, 6.07) is 24.2. The molecule has 0 saturated carbocycles. The molecule has 6 nitrogen and oxygen atoms in total. The van der Waals surface area contributed by atoms with Crippen LogP contribution in [0.4, 0.5) is 5.69 Å². The summed E-state index contributed by atoms with van der Waals surface area (Å²) < 4.78 is 32.9. The molecule has 3 aromatic carbocycles. The second-order valence-corrected chi connectivity index (χ2v) is 10.8. The van der Waals surface area contributed by atoms with Crippen LogP contribution in [0.5, 0.6) is 0 Å². The molecule has 1 amide bonds. The maximum absolute atomic E-state index is 13.4. The number of sulfonamides is 1. The van der Waals surface area contributed by atoms with E-state index in [1.54, 1.807) is 18.2 Å². The molecule has 0 bridgehead atoms. The summed E-state index contributed by atoms with van der Waals surface area (Å²) in [7, 11) is -3.66. The van der Waals surface area contributed by atoms with Crippen molar-refractivity contribution in [3.05, 3.63) is 90.0 Å². The van der Waals surface area contributed by atoms with E-state index in [0.29, 0.717) is 32.0 Å². The molecule has 0 radical (unpaired) electrons. The Morgan fingerprint density at radius 2 is 1.61 bits per heavy atom. The second-order valence-electron chi connectivity index (χ2n) is 7.70. The van der Waals surface area contributed by atoms with Crippen molar-refractivity contribution in [2.24, 2.45) is 0 Å². The van der Waals surface area contributed by atoms with Crippen LogP contribution in [0.15, 0.2) is 88.7 Å². The minimum absolute atomic E-state index is 0.164. The molecule has 1 N–H and O–H groups in total. The maximum Gasteiger partial charge on any atom is 0.243 e. The number of hydrogen-bond donors (Lipinski definition) is 1. The number of aryl methyl sites for hydroxylation is 1. The summed E-state index contributed by atoms with van der Waals surface area (Å²) in [5.74, 6) is -0.209. The summed E-state index contributed by atoms with van der Waals surface area (Å²) in [4.78, 5) is 14.6. The van der Waals surface area contributed by atoms with Gasteiger partial charge in [-0.25, -0.2) is 8.42 Å². The Morgan fingerprint density at radius 1 is 0.970 bits per heavy atom. The molecular weight excluding hydrogens is 456 g/mol. The molecule has 1 heterocycles. The summed E-state index contributed by atoms with van der Waals surface area (Å²) in [5, 5.41) is 2.48. The van der Waals surface area contributed by atoms with Gasteiger partial charge in [0.05, 0.1) is 18.1 Å². The van der Waals surface area contributed by atoms with Crippen molar-refractivity contribution in [1.82, 2.24) is 4.31 Å². The van der Waals surface area contributed by atoms with E-state index >= 15 is 0 Å². The number of rotatable bonds is 7. The molecule has 1 aliphatic heterocycles. The zero-order chi connectivity index (χ0) is 23.3. The molecular formula is C25H26N2O4S2. The van der Waals surface area contributed by atoms with E-state index in [1.807, 2.05) is 67.6 Å². The van der Waals surface area contributed by atoms with Gasteiger partial charge in [0.2, 0.25) is 15.9 Å². The standard InChI is InChI=1S/C25H26N2O4S2/c1-19-12-13-22(33(29,30)27-14-16-31-17-15-27)18-23(19)26-25(28)24(20-8-4-2-5-9-20)32-21-10-6-3-7-11-21/h2-13,18,24H,14-17H2,1H3,(H,26,28)/t24-/m0/s1. The number of morpholine rings is 1. The van der Waals surface area contributed by atoms with Crippen LogP contribution in [0, 0.1) is 6.92 Å². The van der Waals surface area contributed by atoms with Gasteiger partial charge < -0.3 is 10.1 Å². The Balaban J connectivity index is 1.61. The topological polar surface area (TPSA) is 75.7 Å². The number of nitrogens with zero attached hydrogens (tertiary/aromatic N) is 1. The third kappa shape index (κ3) is 5.65. The molecule has 8 heteroatoms. The van der Waals surface area contributed by atoms with E-state index in [0.717, 1.165) is 16.0 Å². The minimum Gasteiger partial charge on any atom is -0.379 e. The van der Waals surface area contributed by atoms with Gasteiger partial charge in [-0.2, -0.15) is 4.31 Å². The fourth-order valence-electron chi connectivity index (χ4n) is 3.57. The predicted octanol–water partition coefficient (Wildman–Crippen LogP) is 4.49. The third-order valence-corrected chi connectivity index (χ3v) is 8.57. The Bertz CT molecular complexity index is 1200. The lowest BCUT2D eigenvalue weighted by Crippen LogP contribution is -2.40. The van der Waals surface area contributed by atoms with Crippen molar-refractivity contribution in [2.75, 3.05) is 31.6 Å². The summed E-state index contributed by atoms with van der Waals surface area (Å²) in [6.07, 6.45) is 0. The van der Waals surface area contributed by atoms with Crippen LogP contribution >= 0.6 is 11.8 Å². The minimum atomic E-state index is -3.66. The second kappa shape index (κ2) is 10.5. The van der Waals surface area contributed by atoms with E-state index in [9.17, 15) is 13.2 Å². The summed E-state index contributed by atoms with van der Waals surface area (Å²) in [5.41, 5.74) is 2.16. The lowest BCUT2D eigenvalue weighted by Gasteiger charge is -2.26.